The van der Waals surface area contributed by atoms with Gasteiger partial charge in [-0.1, -0.05) is 163 Å². The number of hydrogen-bond donors (Lipinski definition) is 0. The third kappa shape index (κ3) is 3.85. The Hall–Kier alpha value is -6.24. The zero-order valence-corrected chi connectivity index (χ0v) is 28.7. The summed E-state index contributed by atoms with van der Waals surface area (Å²) >= 11 is 0. The zero-order chi connectivity index (χ0) is 33.8. The van der Waals surface area contributed by atoms with Gasteiger partial charge in [0, 0.05) is 0 Å². The molecule has 0 amide bonds. The highest BCUT2D eigenvalue weighted by atomic mass is 14.4. The van der Waals surface area contributed by atoms with Crippen LogP contribution in [-0.4, -0.2) is 0 Å². The minimum atomic E-state index is -0.535. The molecule has 0 heteroatoms. The van der Waals surface area contributed by atoms with Crippen LogP contribution < -0.4 is 10.4 Å². The first-order chi connectivity index (χ1) is 25.1. The van der Waals surface area contributed by atoms with Crippen molar-refractivity contribution in [2.24, 2.45) is 0 Å². The maximum Gasteiger partial charge on any atom is 0.0713 e. The van der Waals surface area contributed by atoms with Crippen LogP contribution in [-0.2, 0) is 5.41 Å². The van der Waals surface area contributed by atoms with Crippen molar-refractivity contribution in [3.63, 3.8) is 0 Å². The van der Waals surface area contributed by atoms with E-state index in [4.69, 9.17) is 0 Å². The molecule has 0 nitrogen and oxygen atoms in total. The van der Waals surface area contributed by atoms with E-state index in [0.29, 0.717) is 0 Å². The molecule has 2 aliphatic rings. The molecule has 51 heavy (non-hydrogen) atoms. The summed E-state index contributed by atoms with van der Waals surface area (Å²) in [6.07, 6.45) is 4.92. The van der Waals surface area contributed by atoms with Crippen LogP contribution in [0.2, 0.25) is 0 Å². The van der Waals surface area contributed by atoms with E-state index >= 15 is 0 Å². The first-order valence-electron chi connectivity index (χ1n) is 18.0. The maximum atomic E-state index is 2.54. The monoisotopic (exact) mass is 646 g/mol. The van der Waals surface area contributed by atoms with Crippen LogP contribution in [0.1, 0.15) is 44.5 Å². The fourth-order valence-electron chi connectivity index (χ4n) is 9.48. The Morgan fingerprint density at radius 1 is 0.451 bits per heavy atom. The van der Waals surface area contributed by atoms with Gasteiger partial charge in [-0.15, -0.1) is 0 Å². The molecular weight excluding hydrogens is 613 g/mol. The average Bonchev–Trinajstić information content (AvgIpc) is 3.54. The van der Waals surface area contributed by atoms with Gasteiger partial charge in [0.15, 0.2) is 0 Å². The van der Waals surface area contributed by atoms with Gasteiger partial charge in [0.2, 0.25) is 0 Å². The predicted molar refractivity (Wildman–Crippen MR) is 214 cm³/mol. The second kappa shape index (κ2) is 10.4. The predicted octanol–water partition coefficient (Wildman–Crippen LogP) is 10.8. The molecule has 0 fully saturated rings. The highest BCUT2D eigenvalue weighted by Crippen LogP contribution is 2.49. The van der Waals surface area contributed by atoms with E-state index in [0.717, 1.165) is 0 Å². The first-order valence-corrected chi connectivity index (χ1v) is 18.0. The minimum Gasteiger partial charge on any atom is -0.0619 e. The lowest BCUT2D eigenvalue weighted by molar-refractivity contribution is 0.730. The van der Waals surface area contributed by atoms with Gasteiger partial charge >= 0.3 is 0 Å². The molecule has 9 aromatic rings. The smallest absolute Gasteiger partial charge is 0.0619 e. The molecule has 9 aromatic carbocycles. The van der Waals surface area contributed by atoms with Crippen molar-refractivity contribution in [2.45, 2.75) is 19.3 Å². The SMILES string of the molecule is Cc1ccc(C2(c3ccc(C)cc3)c3ccccc3C=c3c2cc2c(c3-c3ccc4ccc5cccc6ccc3c4c56)C=c3ccccc3=2)cc1. The molecule has 0 radical (unpaired) electrons. The van der Waals surface area contributed by atoms with Crippen molar-refractivity contribution in [3.05, 3.63) is 223 Å². The van der Waals surface area contributed by atoms with Gasteiger partial charge in [-0.3, -0.25) is 0 Å². The maximum absolute atomic E-state index is 2.54. The summed E-state index contributed by atoms with van der Waals surface area (Å²) in [6, 6.07) is 59.8. The van der Waals surface area contributed by atoms with Crippen molar-refractivity contribution in [1.29, 1.82) is 0 Å². The third-order valence-electron chi connectivity index (χ3n) is 11.8. The van der Waals surface area contributed by atoms with E-state index in [2.05, 4.69) is 184 Å². The van der Waals surface area contributed by atoms with Crippen LogP contribution in [0.4, 0.5) is 0 Å². The van der Waals surface area contributed by atoms with Gasteiger partial charge in [-0.25, -0.2) is 0 Å². The summed E-state index contributed by atoms with van der Waals surface area (Å²) in [5, 5.41) is 13.1. The Morgan fingerprint density at radius 3 is 1.82 bits per heavy atom. The highest BCUT2D eigenvalue weighted by molar-refractivity contribution is 6.25. The molecule has 0 saturated carbocycles. The Kier molecular flexibility index (Phi) is 5.82. The fourth-order valence-corrected chi connectivity index (χ4v) is 9.48. The number of benzene rings is 9. The van der Waals surface area contributed by atoms with Gasteiger partial charge in [0.1, 0.15) is 0 Å². The van der Waals surface area contributed by atoms with E-state index in [1.165, 1.54) is 109 Å². The number of rotatable bonds is 3. The molecule has 0 unspecified atom stereocenters. The zero-order valence-electron chi connectivity index (χ0n) is 28.7. The topological polar surface area (TPSA) is 0 Å². The Labute approximate surface area is 296 Å². The summed E-state index contributed by atoms with van der Waals surface area (Å²) < 4.78 is 0. The van der Waals surface area contributed by atoms with Gasteiger partial charge in [0.25, 0.3) is 0 Å². The average molecular weight is 647 g/mol. The summed E-state index contributed by atoms with van der Waals surface area (Å²) in [6.45, 7) is 4.37. The Bertz CT molecular complexity index is 3060. The molecule has 0 bridgehead atoms. The van der Waals surface area contributed by atoms with Crippen LogP contribution in [0.25, 0.3) is 55.6 Å². The Balaban J connectivity index is 1.39. The quantitative estimate of drug-likeness (QED) is 0.168. The van der Waals surface area contributed by atoms with Gasteiger partial charge in [-0.05, 0) is 130 Å². The lowest BCUT2D eigenvalue weighted by atomic mass is 9.60. The van der Waals surface area contributed by atoms with E-state index in [9.17, 15) is 0 Å². The van der Waals surface area contributed by atoms with Crippen LogP contribution in [0.5, 0.6) is 0 Å². The van der Waals surface area contributed by atoms with Gasteiger partial charge in [-0.2, -0.15) is 0 Å². The van der Waals surface area contributed by atoms with Crippen molar-refractivity contribution in [2.75, 3.05) is 0 Å². The molecule has 0 heterocycles. The van der Waals surface area contributed by atoms with E-state index in [1.54, 1.807) is 0 Å². The normalized spacial score (nSPS) is 13.8. The lowest BCUT2D eigenvalue weighted by Gasteiger charge is -2.41. The van der Waals surface area contributed by atoms with Crippen molar-refractivity contribution in [1.82, 2.24) is 0 Å². The molecule has 0 spiro atoms. The lowest BCUT2D eigenvalue weighted by Crippen LogP contribution is -2.40. The molecule has 0 N–H and O–H groups in total. The highest BCUT2D eigenvalue weighted by Gasteiger charge is 2.43. The van der Waals surface area contributed by atoms with Crippen LogP contribution in [0.3, 0.4) is 0 Å². The summed E-state index contributed by atoms with van der Waals surface area (Å²) in [5.41, 5.74) is 12.4. The van der Waals surface area contributed by atoms with E-state index < -0.39 is 5.41 Å². The second-order valence-electron chi connectivity index (χ2n) is 14.6. The first kappa shape index (κ1) is 28.6. The molecule has 11 rings (SSSR count). The van der Waals surface area contributed by atoms with Crippen molar-refractivity contribution < 1.29 is 0 Å². The fraction of sp³-hybridized carbons (Fsp3) is 0.0588. The Morgan fingerprint density at radius 2 is 1.08 bits per heavy atom. The van der Waals surface area contributed by atoms with Crippen molar-refractivity contribution >= 4 is 44.5 Å². The summed E-state index contributed by atoms with van der Waals surface area (Å²) in [4.78, 5) is 0. The van der Waals surface area contributed by atoms with Crippen LogP contribution in [0, 0.1) is 24.3 Å². The molecule has 2 aliphatic carbocycles. The molecule has 0 saturated heterocycles. The van der Waals surface area contributed by atoms with Crippen LogP contribution in [0.15, 0.2) is 158 Å². The number of aryl methyl sites for hydroxylation is 2. The van der Waals surface area contributed by atoms with E-state index in [-0.39, 0.29) is 0 Å². The minimum absolute atomic E-state index is 0.535. The van der Waals surface area contributed by atoms with Crippen LogP contribution >= 0.6 is 0 Å². The summed E-state index contributed by atoms with van der Waals surface area (Å²) in [5.74, 6) is 0. The second-order valence-corrected chi connectivity index (χ2v) is 14.6. The molecule has 238 valence electrons. The number of fused-ring (bicyclic) bond motifs is 4. The van der Waals surface area contributed by atoms with Gasteiger partial charge < -0.3 is 0 Å². The number of hydrogen-bond acceptors (Lipinski definition) is 0. The third-order valence-corrected chi connectivity index (χ3v) is 11.8. The standard InChI is InChI=1S/C51H34/c1-31-14-22-38(23-15-31)51(39-24-16-32(2)17-25-39)46-13-6-4-9-37(46)29-45-47(51)30-43-40-12-5-3-8-36(40)28-44(43)50(45)42-27-21-35-19-18-33-10-7-11-34-20-26-41(42)49(35)48(33)34/h3-30H,1-2H3. The summed E-state index contributed by atoms with van der Waals surface area (Å²) in [7, 11) is 0. The largest absolute Gasteiger partial charge is 0.0713 e. The van der Waals surface area contributed by atoms with E-state index in [1.807, 2.05) is 0 Å². The molecule has 0 aliphatic heterocycles. The molecule has 0 atom stereocenters. The van der Waals surface area contributed by atoms with Crippen molar-refractivity contribution in [3.8, 4) is 11.1 Å². The van der Waals surface area contributed by atoms with Gasteiger partial charge in [0.05, 0.1) is 5.41 Å². The molecular formula is C51H34. The molecule has 0 aromatic heterocycles.